The number of amides is 2. The minimum atomic E-state index is -1.16. The Morgan fingerprint density at radius 2 is 1.72 bits per heavy atom. The number of pyridine rings is 1. The van der Waals surface area contributed by atoms with Gasteiger partial charge in [-0.05, 0) is 83.0 Å². The largest absolute Gasteiger partial charge is 0.478 e. The summed E-state index contributed by atoms with van der Waals surface area (Å²) in [6, 6.07) is 6.59. The molecule has 206 valence electrons. The zero-order chi connectivity index (χ0) is 29.2. The third-order valence-corrected chi connectivity index (χ3v) is 6.02. The third kappa shape index (κ3) is 6.22. The van der Waals surface area contributed by atoms with Gasteiger partial charge in [0.1, 0.15) is 22.6 Å². The fourth-order valence-electron chi connectivity index (χ4n) is 3.80. The van der Waals surface area contributed by atoms with Crippen LogP contribution in [0.3, 0.4) is 0 Å². The fourth-order valence-corrected chi connectivity index (χ4v) is 3.80. The molecule has 39 heavy (non-hydrogen) atoms. The molecule has 10 heteroatoms. The van der Waals surface area contributed by atoms with Crippen LogP contribution in [0.5, 0.6) is 0 Å². The summed E-state index contributed by atoms with van der Waals surface area (Å²) in [6.45, 7) is 9.94. The zero-order valence-electron chi connectivity index (χ0n) is 22.9. The van der Waals surface area contributed by atoms with Crippen LogP contribution in [0.1, 0.15) is 63.9 Å². The average molecular weight is 540 g/mol. The second-order valence-electron chi connectivity index (χ2n) is 10.1. The molecular formula is C29H31F2N3O5. The lowest BCUT2D eigenvalue weighted by Crippen LogP contribution is -2.38. The number of benzene rings is 1. The minimum Gasteiger partial charge on any atom is -0.478 e. The van der Waals surface area contributed by atoms with E-state index in [1.165, 1.54) is 61.1 Å². The maximum atomic E-state index is 16.4. The Kier molecular flexibility index (Phi) is 8.38. The quantitative estimate of drug-likeness (QED) is 0.283. The number of carbonyl (C=O) groups excluding carboxylic acids is 2. The second kappa shape index (κ2) is 11.2. The number of fused-ring (bicyclic) bond motifs is 1. The van der Waals surface area contributed by atoms with Gasteiger partial charge in [0, 0.05) is 29.9 Å². The van der Waals surface area contributed by atoms with Crippen molar-refractivity contribution < 1.29 is 33.0 Å². The number of carbonyl (C=O) groups is 3. The highest BCUT2D eigenvalue weighted by atomic mass is 19.1. The highest BCUT2D eigenvalue weighted by Crippen LogP contribution is 2.34. The number of hydrogen-bond donors (Lipinski definition) is 1. The van der Waals surface area contributed by atoms with Crippen molar-refractivity contribution in [2.24, 2.45) is 0 Å². The summed E-state index contributed by atoms with van der Waals surface area (Å²) in [6.07, 6.45) is 2.38. The van der Waals surface area contributed by atoms with Gasteiger partial charge in [0.15, 0.2) is 5.82 Å². The van der Waals surface area contributed by atoms with Crippen LogP contribution in [0.4, 0.5) is 13.6 Å². The highest BCUT2D eigenvalue weighted by Gasteiger charge is 2.32. The number of imide groups is 1. The van der Waals surface area contributed by atoms with E-state index < -0.39 is 35.2 Å². The molecule has 0 aliphatic heterocycles. The van der Waals surface area contributed by atoms with Gasteiger partial charge in [0.25, 0.3) is 5.91 Å². The van der Waals surface area contributed by atoms with Crippen molar-refractivity contribution in [1.82, 2.24) is 14.5 Å². The average Bonchev–Trinajstić information content (AvgIpc) is 3.26. The summed E-state index contributed by atoms with van der Waals surface area (Å²) in [5, 5.41) is 13.8. The number of carboxylic acids is 1. The monoisotopic (exact) mass is 539 g/mol. The molecule has 3 rings (SSSR count). The van der Waals surface area contributed by atoms with Gasteiger partial charge in [-0.2, -0.15) is 5.10 Å². The first-order chi connectivity index (χ1) is 18.2. The second-order valence-corrected chi connectivity index (χ2v) is 10.1. The Bertz CT molecular complexity index is 1510. The number of carboxylic acid groups (broad SMARTS) is 1. The van der Waals surface area contributed by atoms with E-state index in [-0.39, 0.29) is 27.9 Å². The summed E-state index contributed by atoms with van der Waals surface area (Å²) in [5.74, 6) is -3.39. The minimum absolute atomic E-state index is 0.00135. The Morgan fingerprint density at radius 1 is 1.10 bits per heavy atom. The van der Waals surface area contributed by atoms with Gasteiger partial charge in [-0.1, -0.05) is 12.5 Å². The van der Waals surface area contributed by atoms with Crippen LogP contribution >= 0.6 is 0 Å². The van der Waals surface area contributed by atoms with Gasteiger partial charge in [0.2, 0.25) is 0 Å². The van der Waals surface area contributed by atoms with Gasteiger partial charge in [-0.25, -0.2) is 27.8 Å². The normalized spacial score (nSPS) is 12.8. The lowest BCUT2D eigenvalue weighted by molar-refractivity contribution is -0.132. The maximum Gasteiger partial charge on any atom is 0.417 e. The number of nitrogens with zero attached hydrogens (tertiary/aromatic N) is 3. The summed E-state index contributed by atoms with van der Waals surface area (Å²) in [5.41, 5.74) is 0.121. The number of rotatable bonds is 6. The molecule has 0 unspecified atom stereocenters. The first-order valence-corrected chi connectivity index (χ1v) is 12.3. The third-order valence-electron chi connectivity index (χ3n) is 6.02. The Morgan fingerprint density at radius 3 is 2.26 bits per heavy atom. The van der Waals surface area contributed by atoms with Crippen LogP contribution in [0, 0.1) is 11.6 Å². The topological polar surface area (TPSA) is 101 Å². The molecule has 0 aliphatic carbocycles. The van der Waals surface area contributed by atoms with E-state index in [4.69, 9.17) is 4.74 Å². The van der Waals surface area contributed by atoms with Crippen LogP contribution in [0.15, 0.2) is 53.8 Å². The Balaban J connectivity index is 2.36. The molecule has 0 spiro atoms. The van der Waals surface area contributed by atoms with Crippen molar-refractivity contribution in [3.05, 3.63) is 76.5 Å². The van der Waals surface area contributed by atoms with Crippen LogP contribution in [0.2, 0.25) is 0 Å². The molecule has 0 saturated heterocycles. The van der Waals surface area contributed by atoms with E-state index in [0.717, 1.165) is 10.5 Å². The molecular weight excluding hydrogens is 508 g/mol. The number of halogens is 2. The molecule has 1 aromatic carbocycles. The van der Waals surface area contributed by atoms with Gasteiger partial charge >= 0.3 is 12.1 Å². The maximum absolute atomic E-state index is 16.4. The molecule has 2 heterocycles. The fraction of sp³-hybridized carbons (Fsp3) is 0.310. The zero-order valence-corrected chi connectivity index (χ0v) is 22.9. The van der Waals surface area contributed by atoms with Crippen LogP contribution in [-0.4, -0.2) is 50.2 Å². The lowest BCUT2D eigenvalue weighted by atomic mass is 9.96. The molecule has 0 atom stereocenters. The van der Waals surface area contributed by atoms with Crippen molar-refractivity contribution >= 4 is 29.1 Å². The van der Waals surface area contributed by atoms with Gasteiger partial charge in [0.05, 0.1) is 5.56 Å². The van der Waals surface area contributed by atoms with E-state index in [1.54, 1.807) is 27.7 Å². The summed E-state index contributed by atoms with van der Waals surface area (Å²) in [7, 11) is 1.21. The molecule has 3 aromatic rings. The molecule has 0 fully saturated rings. The molecule has 0 saturated carbocycles. The van der Waals surface area contributed by atoms with E-state index in [1.807, 2.05) is 6.92 Å². The number of aromatic nitrogens is 2. The van der Waals surface area contributed by atoms with E-state index in [0.29, 0.717) is 17.6 Å². The summed E-state index contributed by atoms with van der Waals surface area (Å²) >= 11 is 0. The number of aliphatic carboxylic acids is 1. The lowest BCUT2D eigenvalue weighted by Gasteiger charge is -2.23. The van der Waals surface area contributed by atoms with Crippen molar-refractivity contribution in [2.75, 3.05) is 7.05 Å². The van der Waals surface area contributed by atoms with Gasteiger partial charge in [-0.3, -0.25) is 4.79 Å². The van der Waals surface area contributed by atoms with Crippen LogP contribution in [-0.2, 0) is 9.53 Å². The summed E-state index contributed by atoms with van der Waals surface area (Å²) in [4.78, 5) is 38.7. The van der Waals surface area contributed by atoms with E-state index in [9.17, 15) is 23.9 Å². The van der Waals surface area contributed by atoms with Crippen molar-refractivity contribution in [2.45, 2.75) is 53.6 Å². The van der Waals surface area contributed by atoms with Crippen LogP contribution < -0.4 is 0 Å². The van der Waals surface area contributed by atoms with Crippen LogP contribution in [0.25, 0.3) is 22.3 Å². The number of hydrogen-bond acceptors (Lipinski definition) is 5. The molecule has 0 bridgehead atoms. The van der Waals surface area contributed by atoms with Crippen molar-refractivity contribution in [3.8, 4) is 11.3 Å². The summed E-state index contributed by atoms with van der Waals surface area (Å²) < 4.78 is 36.5. The van der Waals surface area contributed by atoms with E-state index in [2.05, 4.69) is 5.10 Å². The standard InChI is InChI=1S/C29H31F2N3O5/c1-8-16(2)21(15-17(3)27(36)37)20-13-14-34-25(23(20)31)22(24(32-34)18-9-11-19(30)12-10-18)26(35)33(7)28(38)39-29(4,5)6/h9-15H,8H2,1-7H3,(H,36,37). The smallest absolute Gasteiger partial charge is 0.417 e. The number of ether oxygens (including phenoxy) is 1. The van der Waals surface area contributed by atoms with E-state index >= 15 is 4.39 Å². The number of allylic oxidation sites excluding steroid dienone is 3. The highest BCUT2D eigenvalue weighted by molar-refractivity contribution is 6.11. The van der Waals surface area contributed by atoms with Gasteiger partial charge in [-0.15, -0.1) is 0 Å². The first kappa shape index (κ1) is 29.2. The molecule has 2 aromatic heterocycles. The predicted octanol–water partition coefficient (Wildman–Crippen LogP) is 6.50. The van der Waals surface area contributed by atoms with Crippen molar-refractivity contribution in [3.63, 3.8) is 0 Å². The Hall–Kier alpha value is -4.34. The molecule has 2 amide bonds. The van der Waals surface area contributed by atoms with Gasteiger partial charge < -0.3 is 9.84 Å². The molecule has 0 radical (unpaired) electrons. The SMILES string of the molecule is CCC(C)=C(C=C(C)C(=O)O)c1ccn2nc(-c3ccc(F)cc3)c(C(=O)N(C)C(=O)OC(C)(C)C)c2c1F. The predicted molar refractivity (Wildman–Crippen MR) is 143 cm³/mol. The first-order valence-electron chi connectivity index (χ1n) is 12.3. The molecule has 1 N–H and O–H groups in total. The molecule has 8 nitrogen and oxygen atoms in total. The molecule has 0 aliphatic rings. The Labute approximate surface area is 225 Å². The van der Waals surface area contributed by atoms with Crippen molar-refractivity contribution in [1.29, 1.82) is 0 Å².